The van der Waals surface area contributed by atoms with Crippen LogP contribution in [0.25, 0.3) is 0 Å². The van der Waals surface area contributed by atoms with Gasteiger partial charge in [0.1, 0.15) is 6.07 Å². The lowest BCUT2D eigenvalue weighted by Gasteiger charge is -2.31. The Labute approximate surface area is 117 Å². The average molecular weight is 308 g/mol. The molecule has 1 saturated heterocycles. The number of nitrogens with one attached hydrogen (secondary N) is 1. The highest BCUT2D eigenvalue weighted by Crippen LogP contribution is 2.29. The van der Waals surface area contributed by atoms with Crippen LogP contribution in [0.3, 0.4) is 0 Å². The summed E-state index contributed by atoms with van der Waals surface area (Å²) in [4.78, 5) is 2.38. The zero-order valence-electron chi connectivity index (χ0n) is 10.6. The van der Waals surface area contributed by atoms with E-state index in [1.165, 1.54) is 0 Å². The summed E-state index contributed by atoms with van der Waals surface area (Å²) in [5.74, 6) is 0. The molecule has 1 fully saturated rings. The number of nitrogens with zero attached hydrogens (tertiary/aromatic N) is 2. The molecule has 1 N–H and O–H groups in total. The van der Waals surface area contributed by atoms with E-state index in [0.29, 0.717) is 6.04 Å². The molecule has 0 spiro atoms. The maximum Gasteiger partial charge on any atom is 0.103 e. The minimum absolute atomic E-state index is 0.506. The second-order valence-electron chi connectivity index (χ2n) is 4.59. The van der Waals surface area contributed by atoms with Gasteiger partial charge < -0.3 is 10.2 Å². The van der Waals surface area contributed by atoms with E-state index in [-0.39, 0.29) is 0 Å². The number of rotatable bonds is 4. The van der Waals surface area contributed by atoms with Crippen LogP contribution in [-0.2, 0) is 0 Å². The molecule has 0 radical (unpaired) electrons. The molecule has 2 rings (SSSR count). The Morgan fingerprint density at radius 1 is 1.56 bits per heavy atom. The number of halogens is 1. The van der Waals surface area contributed by atoms with E-state index in [0.717, 1.165) is 48.2 Å². The molecular formula is C14H18BrN3. The number of hydrogen-bond acceptors (Lipinski definition) is 3. The number of benzene rings is 1. The van der Waals surface area contributed by atoms with E-state index in [1.807, 2.05) is 12.1 Å². The van der Waals surface area contributed by atoms with Crippen LogP contribution in [0.2, 0.25) is 0 Å². The van der Waals surface area contributed by atoms with Gasteiger partial charge in [-0.05, 0) is 47.4 Å². The molecule has 1 aliphatic heterocycles. The molecule has 4 heteroatoms. The van der Waals surface area contributed by atoms with Crippen molar-refractivity contribution in [3.8, 4) is 6.07 Å². The Bertz CT molecular complexity index is 447. The van der Waals surface area contributed by atoms with Crippen LogP contribution >= 0.6 is 15.9 Å². The Hall–Kier alpha value is -1.05. The monoisotopic (exact) mass is 307 g/mol. The second-order valence-corrected chi connectivity index (χ2v) is 5.44. The number of nitriles is 1. The summed E-state index contributed by atoms with van der Waals surface area (Å²) in [6.45, 7) is 5.26. The molecule has 0 bridgehead atoms. The molecule has 1 atom stereocenters. The van der Waals surface area contributed by atoms with E-state index < -0.39 is 0 Å². The zero-order chi connectivity index (χ0) is 13.0. The van der Waals surface area contributed by atoms with Crippen molar-refractivity contribution in [1.82, 2.24) is 5.32 Å². The molecule has 1 heterocycles. The third-order valence-electron chi connectivity index (χ3n) is 3.35. The van der Waals surface area contributed by atoms with Gasteiger partial charge in [-0.2, -0.15) is 5.26 Å². The molecule has 1 aromatic carbocycles. The van der Waals surface area contributed by atoms with Gasteiger partial charge in [-0.25, -0.2) is 0 Å². The van der Waals surface area contributed by atoms with Crippen LogP contribution in [0.4, 0.5) is 5.69 Å². The van der Waals surface area contributed by atoms with Crippen molar-refractivity contribution in [2.24, 2.45) is 0 Å². The lowest BCUT2D eigenvalue weighted by molar-refractivity contribution is 0.624. The van der Waals surface area contributed by atoms with Gasteiger partial charge in [0, 0.05) is 23.6 Å². The summed E-state index contributed by atoms with van der Waals surface area (Å²) < 4.78 is 0.884. The van der Waals surface area contributed by atoms with Gasteiger partial charge >= 0.3 is 0 Å². The van der Waals surface area contributed by atoms with E-state index in [2.05, 4.69) is 45.2 Å². The summed E-state index contributed by atoms with van der Waals surface area (Å²) in [7, 11) is 0. The van der Waals surface area contributed by atoms with E-state index in [4.69, 9.17) is 0 Å². The maximum atomic E-state index is 9.34. The van der Waals surface area contributed by atoms with E-state index in [9.17, 15) is 5.26 Å². The third-order valence-corrected chi connectivity index (χ3v) is 4.01. The van der Waals surface area contributed by atoms with E-state index in [1.54, 1.807) is 0 Å². The van der Waals surface area contributed by atoms with Crippen LogP contribution in [0.1, 0.15) is 25.3 Å². The molecule has 96 valence electrons. The van der Waals surface area contributed by atoms with Crippen LogP contribution in [-0.4, -0.2) is 25.7 Å². The Morgan fingerprint density at radius 3 is 3.00 bits per heavy atom. The predicted octanol–water partition coefficient (Wildman–Crippen LogP) is 2.90. The van der Waals surface area contributed by atoms with Crippen molar-refractivity contribution in [2.45, 2.75) is 25.8 Å². The lowest BCUT2D eigenvalue weighted by Crippen LogP contribution is -2.38. The SMILES string of the molecule is CCCN(c1cccc(Br)c1C#N)C1CCNC1. The summed E-state index contributed by atoms with van der Waals surface area (Å²) >= 11 is 3.47. The predicted molar refractivity (Wildman–Crippen MR) is 77.8 cm³/mol. The Kier molecular flexibility index (Phi) is 4.62. The molecule has 1 aromatic rings. The fourth-order valence-electron chi connectivity index (χ4n) is 2.51. The zero-order valence-corrected chi connectivity index (χ0v) is 12.2. The summed E-state index contributed by atoms with van der Waals surface area (Å²) in [6.07, 6.45) is 2.24. The van der Waals surface area contributed by atoms with Gasteiger partial charge in [0.05, 0.1) is 11.3 Å². The highest BCUT2D eigenvalue weighted by Gasteiger charge is 2.24. The molecule has 0 amide bonds. The van der Waals surface area contributed by atoms with Gasteiger partial charge in [-0.15, -0.1) is 0 Å². The highest BCUT2D eigenvalue weighted by atomic mass is 79.9. The minimum atomic E-state index is 0.506. The van der Waals surface area contributed by atoms with Crippen LogP contribution in [0, 0.1) is 11.3 Å². The fraction of sp³-hybridized carbons (Fsp3) is 0.500. The van der Waals surface area contributed by atoms with Crippen LogP contribution < -0.4 is 10.2 Å². The van der Waals surface area contributed by atoms with Crippen molar-refractivity contribution in [2.75, 3.05) is 24.5 Å². The van der Waals surface area contributed by atoms with Crippen molar-refractivity contribution in [3.63, 3.8) is 0 Å². The smallest absolute Gasteiger partial charge is 0.103 e. The second kappa shape index (κ2) is 6.21. The van der Waals surface area contributed by atoms with Crippen molar-refractivity contribution >= 4 is 21.6 Å². The Balaban J connectivity index is 2.36. The molecule has 0 aromatic heterocycles. The van der Waals surface area contributed by atoms with Gasteiger partial charge in [0.2, 0.25) is 0 Å². The summed E-state index contributed by atoms with van der Waals surface area (Å²) in [6, 6.07) is 8.81. The largest absolute Gasteiger partial charge is 0.366 e. The van der Waals surface area contributed by atoms with Gasteiger partial charge in [-0.1, -0.05) is 13.0 Å². The first-order valence-electron chi connectivity index (χ1n) is 6.44. The minimum Gasteiger partial charge on any atom is -0.366 e. The molecule has 1 unspecified atom stereocenters. The normalized spacial score (nSPS) is 18.6. The maximum absolute atomic E-state index is 9.34. The van der Waals surface area contributed by atoms with E-state index >= 15 is 0 Å². The number of anilines is 1. The van der Waals surface area contributed by atoms with Crippen molar-refractivity contribution < 1.29 is 0 Å². The first kappa shape index (κ1) is 13.4. The average Bonchev–Trinajstić information content (AvgIpc) is 2.89. The summed E-state index contributed by atoms with van der Waals surface area (Å²) in [5, 5.41) is 12.7. The van der Waals surface area contributed by atoms with Crippen molar-refractivity contribution in [3.05, 3.63) is 28.2 Å². The first-order valence-corrected chi connectivity index (χ1v) is 7.23. The first-order chi connectivity index (χ1) is 8.77. The highest BCUT2D eigenvalue weighted by molar-refractivity contribution is 9.10. The molecule has 0 aliphatic carbocycles. The van der Waals surface area contributed by atoms with Crippen molar-refractivity contribution in [1.29, 1.82) is 5.26 Å². The van der Waals surface area contributed by atoms with Crippen LogP contribution in [0.15, 0.2) is 22.7 Å². The van der Waals surface area contributed by atoms with Gasteiger partial charge in [0.15, 0.2) is 0 Å². The standard InChI is InChI=1S/C14H18BrN3/c1-2-8-18(11-6-7-17-10-11)14-5-3-4-13(15)12(14)9-16/h3-5,11,17H,2,6-8,10H2,1H3. The molecule has 18 heavy (non-hydrogen) atoms. The fourth-order valence-corrected chi connectivity index (χ4v) is 2.95. The van der Waals surface area contributed by atoms with Gasteiger partial charge in [0.25, 0.3) is 0 Å². The van der Waals surface area contributed by atoms with Crippen LogP contribution in [0.5, 0.6) is 0 Å². The molecule has 1 aliphatic rings. The quantitative estimate of drug-likeness (QED) is 0.929. The Morgan fingerprint density at radius 2 is 2.39 bits per heavy atom. The molecular weight excluding hydrogens is 290 g/mol. The topological polar surface area (TPSA) is 39.1 Å². The van der Waals surface area contributed by atoms with Gasteiger partial charge in [-0.3, -0.25) is 0 Å². The number of hydrogen-bond donors (Lipinski definition) is 1. The third kappa shape index (κ3) is 2.68. The molecule has 0 saturated carbocycles. The molecule has 3 nitrogen and oxygen atoms in total. The summed E-state index contributed by atoms with van der Waals surface area (Å²) in [5.41, 5.74) is 1.81. The lowest BCUT2D eigenvalue weighted by atomic mass is 10.1.